The van der Waals surface area contributed by atoms with Gasteiger partial charge in [0, 0.05) is 0 Å². The van der Waals surface area contributed by atoms with Crippen LogP contribution in [0.15, 0.2) is 48.5 Å². The minimum Gasteiger partial charge on any atom is -0.488 e. The van der Waals surface area contributed by atoms with Crippen LogP contribution in [0.5, 0.6) is 5.75 Å². The number of ether oxygens (including phenoxy) is 2. The Balaban J connectivity index is 1.99. The molecule has 2 aromatic rings. The Labute approximate surface area is 143 Å². The summed E-state index contributed by atoms with van der Waals surface area (Å²) < 4.78 is 11.4. The van der Waals surface area contributed by atoms with Crippen molar-refractivity contribution in [3.8, 4) is 5.75 Å². The number of benzene rings is 2. The van der Waals surface area contributed by atoms with E-state index in [-0.39, 0.29) is 0 Å². The molecule has 5 heteroatoms. The van der Waals surface area contributed by atoms with E-state index < -0.39 is 12.0 Å². The minimum absolute atomic E-state index is 0.403. The maximum Gasteiger partial charge on any atom is 0.322 e. The van der Waals surface area contributed by atoms with Crippen molar-refractivity contribution in [2.24, 2.45) is 5.73 Å². The first-order valence-corrected chi connectivity index (χ1v) is 7.96. The van der Waals surface area contributed by atoms with Gasteiger partial charge in [0.15, 0.2) is 0 Å². The smallest absolute Gasteiger partial charge is 0.322 e. The van der Waals surface area contributed by atoms with Crippen LogP contribution < -0.4 is 10.5 Å². The molecule has 0 aromatic heterocycles. The van der Waals surface area contributed by atoms with E-state index in [4.69, 9.17) is 10.5 Å². The summed E-state index contributed by atoms with van der Waals surface area (Å²) in [5.74, 6) is 0.416. The highest BCUT2D eigenvalue weighted by molar-refractivity contribution is 14.1. The van der Waals surface area contributed by atoms with Crippen LogP contribution in [0.25, 0.3) is 0 Å². The van der Waals surface area contributed by atoms with E-state index in [1.807, 2.05) is 48.5 Å². The number of hydrogen-bond acceptors (Lipinski definition) is 4. The van der Waals surface area contributed by atoms with Gasteiger partial charge in [0.2, 0.25) is 0 Å². The lowest BCUT2D eigenvalue weighted by atomic mass is 10.1. The topological polar surface area (TPSA) is 61.5 Å². The van der Waals surface area contributed by atoms with Gasteiger partial charge in [0.25, 0.3) is 0 Å². The lowest BCUT2D eigenvalue weighted by Crippen LogP contribution is -2.33. The van der Waals surface area contributed by atoms with Gasteiger partial charge in [-0.15, -0.1) is 0 Å². The molecule has 2 aromatic carbocycles. The minimum atomic E-state index is -0.642. The number of nitrogens with two attached hydrogens (primary N) is 1. The normalized spacial score (nSPS) is 11.8. The standard InChI is InChI=1S/C17H18INO3/c1-21-17(20)15(19)10-13-7-8-16(14(18)9-13)22-11-12-5-3-2-4-6-12/h2-9,15H,10-11,19H2,1H3. The molecule has 0 amide bonds. The second kappa shape index (κ2) is 8.14. The molecule has 0 heterocycles. The third kappa shape index (κ3) is 4.71. The molecule has 4 nitrogen and oxygen atoms in total. The molecule has 1 atom stereocenters. The molecule has 22 heavy (non-hydrogen) atoms. The molecule has 0 bridgehead atoms. The average molecular weight is 411 g/mol. The molecule has 1 unspecified atom stereocenters. The Morgan fingerprint density at radius 1 is 1.18 bits per heavy atom. The van der Waals surface area contributed by atoms with Crippen LogP contribution in [0.1, 0.15) is 11.1 Å². The van der Waals surface area contributed by atoms with Crippen molar-refractivity contribution >= 4 is 28.6 Å². The first kappa shape index (κ1) is 16.8. The van der Waals surface area contributed by atoms with Crippen LogP contribution in [0, 0.1) is 3.57 Å². The maximum absolute atomic E-state index is 11.4. The van der Waals surface area contributed by atoms with Crippen LogP contribution in [-0.4, -0.2) is 19.1 Å². The van der Waals surface area contributed by atoms with Gasteiger partial charge >= 0.3 is 5.97 Å². The fraction of sp³-hybridized carbons (Fsp3) is 0.235. The highest BCUT2D eigenvalue weighted by atomic mass is 127. The predicted molar refractivity (Wildman–Crippen MR) is 93.6 cm³/mol. The van der Waals surface area contributed by atoms with Crippen molar-refractivity contribution in [1.82, 2.24) is 0 Å². The molecule has 116 valence electrons. The SMILES string of the molecule is COC(=O)C(N)Cc1ccc(OCc2ccccc2)c(I)c1. The summed E-state index contributed by atoms with van der Waals surface area (Å²) in [6.07, 6.45) is 0.446. The number of carbonyl (C=O) groups excluding carboxylic acids is 1. The Bertz CT molecular complexity index is 631. The summed E-state index contributed by atoms with van der Waals surface area (Å²) in [7, 11) is 1.34. The Kier molecular flexibility index (Phi) is 6.21. The van der Waals surface area contributed by atoms with E-state index in [9.17, 15) is 4.79 Å². The zero-order valence-electron chi connectivity index (χ0n) is 12.3. The van der Waals surface area contributed by atoms with Crippen molar-refractivity contribution < 1.29 is 14.3 Å². The average Bonchev–Trinajstić information content (AvgIpc) is 2.54. The van der Waals surface area contributed by atoms with Crippen molar-refractivity contribution in [1.29, 1.82) is 0 Å². The van der Waals surface area contributed by atoms with Gasteiger partial charge in [0.1, 0.15) is 18.4 Å². The summed E-state index contributed by atoms with van der Waals surface area (Å²) >= 11 is 2.22. The van der Waals surface area contributed by atoms with E-state index in [1.165, 1.54) is 7.11 Å². The van der Waals surface area contributed by atoms with Gasteiger partial charge in [-0.1, -0.05) is 36.4 Å². The van der Waals surface area contributed by atoms with E-state index in [0.717, 1.165) is 20.4 Å². The molecule has 0 aliphatic rings. The Morgan fingerprint density at radius 2 is 1.91 bits per heavy atom. The molecule has 0 aliphatic carbocycles. The summed E-state index contributed by atoms with van der Waals surface area (Å²) in [5.41, 5.74) is 7.88. The summed E-state index contributed by atoms with van der Waals surface area (Å²) in [5, 5.41) is 0. The molecule has 0 fully saturated rings. The van der Waals surface area contributed by atoms with Crippen LogP contribution in [0.3, 0.4) is 0 Å². The van der Waals surface area contributed by atoms with Crippen LogP contribution in [-0.2, 0) is 22.6 Å². The molecule has 2 rings (SSSR count). The van der Waals surface area contributed by atoms with Crippen LogP contribution in [0.4, 0.5) is 0 Å². The van der Waals surface area contributed by atoms with Gasteiger partial charge in [-0.05, 0) is 52.3 Å². The van der Waals surface area contributed by atoms with Crippen LogP contribution >= 0.6 is 22.6 Å². The number of halogens is 1. The first-order chi connectivity index (χ1) is 10.6. The Morgan fingerprint density at radius 3 is 2.55 bits per heavy atom. The van der Waals surface area contributed by atoms with E-state index >= 15 is 0 Å². The van der Waals surface area contributed by atoms with Crippen LogP contribution in [0.2, 0.25) is 0 Å². The van der Waals surface area contributed by atoms with E-state index in [2.05, 4.69) is 27.3 Å². The van der Waals surface area contributed by atoms with Crippen molar-refractivity contribution in [3.05, 3.63) is 63.2 Å². The number of methoxy groups -OCH3 is 1. The highest BCUT2D eigenvalue weighted by Crippen LogP contribution is 2.23. The third-order valence-electron chi connectivity index (χ3n) is 3.19. The fourth-order valence-corrected chi connectivity index (χ4v) is 2.75. The third-order valence-corrected chi connectivity index (χ3v) is 4.04. The predicted octanol–water partition coefficient (Wildman–Crippen LogP) is 2.91. The molecular formula is C17H18INO3. The second-order valence-corrected chi connectivity index (χ2v) is 6.04. The van der Waals surface area contributed by atoms with Crippen molar-refractivity contribution in [2.45, 2.75) is 19.1 Å². The Hall–Kier alpha value is -1.60. The maximum atomic E-state index is 11.4. The summed E-state index contributed by atoms with van der Waals surface area (Å²) in [6, 6.07) is 15.2. The number of rotatable bonds is 6. The molecule has 0 saturated heterocycles. The monoisotopic (exact) mass is 411 g/mol. The van der Waals surface area contributed by atoms with Gasteiger partial charge in [0.05, 0.1) is 10.7 Å². The summed E-state index contributed by atoms with van der Waals surface area (Å²) in [6.45, 7) is 0.526. The molecular weight excluding hydrogens is 393 g/mol. The van der Waals surface area contributed by atoms with E-state index in [1.54, 1.807) is 0 Å². The van der Waals surface area contributed by atoms with Gasteiger partial charge in [-0.3, -0.25) is 4.79 Å². The number of esters is 1. The zero-order chi connectivity index (χ0) is 15.9. The molecule has 0 saturated carbocycles. The van der Waals surface area contributed by atoms with Crippen molar-refractivity contribution in [3.63, 3.8) is 0 Å². The molecule has 0 radical (unpaired) electrons. The lowest BCUT2D eigenvalue weighted by molar-refractivity contribution is -0.142. The molecule has 2 N–H and O–H groups in total. The van der Waals surface area contributed by atoms with Crippen molar-refractivity contribution in [2.75, 3.05) is 7.11 Å². The van der Waals surface area contributed by atoms with Gasteiger partial charge in [-0.2, -0.15) is 0 Å². The fourth-order valence-electron chi connectivity index (χ4n) is 2.01. The lowest BCUT2D eigenvalue weighted by Gasteiger charge is -2.12. The summed E-state index contributed by atoms with van der Waals surface area (Å²) in [4.78, 5) is 11.4. The van der Waals surface area contributed by atoms with E-state index in [0.29, 0.717) is 13.0 Å². The first-order valence-electron chi connectivity index (χ1n) is 6.88. The highest BCUT2D eigenvalue weighted by Gasteiger charge is 2.15. The number of hydrogen-bond donors (Lipinski definition) is 1. The molecule has 0 spiro atoms. The quantitative estimate of drug-likeness (QED) is 0.587. The zero-order valence-corrected chi connectivity index (χ0v) is 14.4. The number of carbonyl (C=O) groups is 1. The second-order valence-electron chi connectivity index (χ2n) is 4.87. The van der Waals surface area contributed by atoms with Gasteiger partial charge in [-0.25, -0.2) is 0 Å². The largest absolute Gasteiger partial charge is 0.488 e. The van der Waals surface area contributed by atoms with Gasteiger partial charge < -0.3 is 15.2 Å². The molecule has 0 aliphatic heterocycles.